The van der Waals surface area contributed by atoms with Crippen LogP contribution in [0, 0.1) is 0 Å². The molecule has 3 aromatic rings. The van der Waals surface area contributed by atoms with E-state index in [0.29, 0.717) is 37.0 Å². The maximum Gasteiger partial charge on any atom is 0.407 e. The zero-order chi connectivity index (χ0) is 37.3. The Labute approximate surface area is 318 Å². The van der Waals surface area contributed by atoms with Crippen LogP contribution >= 0.6 is 0 Å². The predicted molar refractivity (Wildman–Crippen MR) is 205 cm³/mol. The van der Waals surface area contributed by atoms with Crippen molar-refractivity contribution in [3.63, 3.8) is 0 Å². The van der Waals surface area contributed by atoms with Gasteiger partial charge in [0, 0.05) is 71.6 Å². The van der Waals surface area contributed by atoms with E-state index in [2.05, 4.69) is 37.0 Å². The van der Waals surface area contributed by atoms with Crippen LogP contribution < -0.4 is 15.4 Å². The van der Waals surface area contributed by atoms with Gasteiger partial charge >= 0.3 is 6.09 Å². The van der Waals surface area contributed by atoms with Crippen molar-refractivity contribution in [2.24, 2.45) is 0 Å². The molecule has 3 saturated heterocycles. The maximum atomic E-state index is 11.9. The third-order valence-electron chi connectivity index (χ3n) is 11.3. The van der Waals surface area contributed by atoms with Crippen molar-refractivity contribution in [1.82, 2.24) is 24.9 Å². The van der Waals surface area contributed by atoms with Gasteiger partial charge in [-0.2, -0.15) is 0 Å². The number of nitrogens with two attached hydrogens (primary N) is 1. The molecule has 3 aliphatic heterocycles. The molecule has 1 unspecified atom stereocenters. The van der Waals surface area contributed by atoms with E-state index in [-0.39, 0.29) is 30.6 Å². The summed E-state index contributed by atoms with van der Waals surface area (Å²) >= 11 is 0. The Morgan fingerprint density at radius 2 is 1.65 bits per heavy atom. The van der Waals surface area contributed by atoms with Crippen LogP contribution in [0.4, 0.5) is 16.3 Å². The summed E-state index contributed by atoms with van der Waals surface area (Å²) in [4.78, 5) is 20.6. The van der Waals surface area contributed by atoms with E-state index >= 15 is 0 Å². The number of hydrogen-bond donors (Lipinski definition) is 2. The number of rotatable bonds is 15. The lowest BCUT2D eigenvalue weighted by Crippen LogP contribution is -2.57. The molecular weight excluding hydrogens is 690 g/mol. The number of morpholine rings is 1. The largest absolute Gasteiger partial charge is 0.467 e. The predicted octanol–water partition coefficient (Wildman–Crippen LogP) is 3.85. The third kappa shape index (κ3) is 9.60. The molecule has 14 heteroatoms. The number of nitrogen functional groups attached to an aromatic ring is 1. The molecule has 1 saturated carbocycles. The highest BCUT2D eigenvalue weighted by Gasteiger charge is 2.40. The topological polar surface area (TPSA) is 148 Å². The number of methoxy groups -OCH3 is 1. The van der Waals surface area contributed by atoms with E-state index in [4.69, 9.17) is 29.4 Å². The zero-order valence-corrected chi connectivity index (χ0v) is 31.4. The van der Waals surface area contributed by atoms with Crippen molar-refractivity contribution < 1.29 is 33.6 Å². The molecule has 1 spiro atoms. The number of piperazine rings is 1. The SMILES string of the molecule is COCOc1ccccc1-c1cc(N2CCC3(CC2)CN(CCOC2CC(OCCN4CCN(C(=O)O)C(Cc5ccccc5)C4)C2)CCO3)c(N)nn1. The Morgan fingerprint density at radius 1 is 0.926 bits per heavy atom. The molecule has 7 rings (SSSR count). The van der Waals surface area contributed by atoms with Crippen LogP contribution in [0.3, 0.4) is 0 Å². The molecule has 3 N–H and O–H groups in total. The molecule has 1 aliphatic carbocycles. The van der Waals surface area contributed by atoms with Crippen molar-refractivity contribution in [2.45, 2.75) is 56.0 Å². The lowest BCUT2D eigenvalue weighted by Gasteiger charge is -2.48. The standard InChI is InChI=1S/C40H55N7O7/c1-50-29-53-37-10-6-5-9-34(37)35-26-36(38(41)43-42-35)46-13-11-40(12-14-46)28-45(19-22-54-40)18-21-52-33-24-32(25-33)51-20-17-44-15-16-47(39(48)49)31(27-44)23-30-7-3-2-4-8-30/h2-10,26,31-33H,11-25,27-29H2,1H3,(H2,41,43)(H,48,49). The number of nitrogens with zero attached hydrogens (tertiary/aromatic N) is 6. The Balaban J connectivity index is 0.801. The van der Waals surface area contributed by atoms with Crippen LogP contribution in [-0.2, 0) is 25.4 Å². The second-order valence-electron chi connectivity index (χ2n) is 14.9. The number of hydrogen-bond acceptors (Lipinski definition) is 12. The monoisotopic (exact) mass is 745 g/mol. The van der Waals surface area contributed by atoms with E-state index in [0.717, 1.165) is 108 Å². The summed E-state index contributed by atoms with van der Waals surface area (Å²) in [5, 5.41) is 18.4. The Bertz CT molecular complexity index is 1650. The number of para-hydroxylation sites is 1. The van der Waals surface area contributed by atoms with Gasteiger partial charge in [-0.3, -0.25) is 9.80 Å². The first kappa shape index (κ1) is 38.2. The van der Waals surface area contributed by atoms with Crippen LogP contribution in [0.25, 0.3) is 11.3 Å². The average molecular weight is 746 g/mol. The summed E-state index contributed by atoms with van der Waals surface area (Å²) in [6.45, 7) is 9.34. The minimum absolute atomic E-state index is 0.0520. The van der Waals surface area contributed by atoms with Crippen molar-refractivity contribution in [3.05, 3.63) is 66.2 Å². The quantitative estimate of drug-likeness (QED) is 0.217. The number of carbonyl (C=O) groups is 1. The van der Waals surface area contributed by atoms with Crippen molar-refractivity contribution in [1.29, 1.82) is 0 Å². The minimum Gasteiger partial charge on any atom is -0.467 e. The number of ether oxygens (including phenoxy) is 5. The molecule has 0 bridgehead atoms. The summed E-state index contributed by atoms with van der Waals surface area (Å²) in [6, 6.07) is 19.8. The van der Waals surface area contributed by atoms with Crippen LogP contribution in [0.15, 0.2) is 60.7 Å². The van der Waals surface area contributed by atoms with Gasteiger partial charge in [-0.05, 0) is 55.9 Å². The molecular formula is C40H55N7O7. The van der Waals surface area contributed by atoms with Gasteiger partial charge in [-0.15, -0.1) is 10.2 Å². The molecule has 54 heavy (non-hydrogen) atoms. The fourth-order valence-electron chi connectivity index (χ4n) is 8.20. The molecule has 14 nitrogen and oxygen atoms in total. The van der Waals surface area contributed by atoms with Gasteiger partial charge in [0.15, 0.2) is 12.6 Å². The normalized spacial score (nSPS) is 23.3. The maximum absolute atomic E-state index is 11.9. The van der Waals surface area contributed by atoms with Crippen LogP contribution in [0.2, 0.25) is 0 Å². The molecule has 4 aliphatic rings. The summed E-state index contributed by atoms with van der Waals surface area (Å²) in [5.74, 6) is 1.10. The summed E-state index contributed by atoms with van der Waals surface area (Å²) in [7, 11) is 1.60. The Kier molecular flexibility index (Phi) is 12.8. The molecule has 292 valence electrons. The highest BCUT2D eigenvalue weighted by molar-refractivity contribution is 5.74. The number of anilines is 2. The van der Waals surface area contributed by atoms with E-state index in [9.17, 15) is 9.90 Å². The second-order valence-corrected chi connectivity index (χ2v) is 14.9. The lowest BCUT2D eigenvalue weighted by molar-refractivity contribution is -0.133. The van der Waals surface area contributed by atoms with Crippen LogP contribution in [0.1, 0.15) is 31.2 Å². The fraction of sp³-hybridized carbons (Fsp3) is 0.575. The molecule has 1 amide bonds. The number of aromatic nitrogens is 2. The lowest BCUT2D eigenvalue weighted by atomic mass is 9.89. The van der Waals surface area contributed by atoms with Crippen molar-refractivity contribution >= 4 is 17.6 Å². The highest BCUT2D eigenvalue weighted by atomic mass is 16.7. The number of amides is 1. The van der Waals surface area contributed by atoms with Gasteiger partial charge in [0.2, 0.25) is 0 Å². The van der Waals surface area contributed by atoms with E-state index in [1.54, 1.807) is 12.0 Å². The number of piperidine rings is 1. The Hall–Kier alpha value is -4.05. The summed E-state index contributed by atoms with van der Waals surface area (Å²) in [5.41, 5.74) is 9.77. The smallest absolute Gasteiger partial charge is 0.407 e. The van der Waals surface area contributed by atoms with E-state index in [1.165, 1.54) is 0 Å². The minimum atomic E-state index is -0.838. The van der Waals surface area contributed by atoms with Gasteiger partial charge in [0.1, 0.15) is 5.75 Å². The molecule has 2 aromatic carbocycles. The van der Waals surface area contributed by atoms with Crippen LogP contribution in [-0.4, -0.2) is 153 Å². The molecule has 1 aromatic heterocycles. The fourth-order valence-corrected chi connectivity index (χ4v) is 8.20. The first-order valence-corrected chi connectivity index (χ1v) is 19.3. The van der Waals surface area contributed by atoms with Gasteiger partial charge in [0.25, 0.3) is 0 Å². The van der Waals surface area contributed by atoms with Gasteiger partial charge < -0.3 is 44.3 Å². The second kappa shape index (κ2) is 18.1. The summed E-state index contributed by atoms with van der Waals surface area (Å²) in [6.07, 6.45) is 4.01. The summed E-state index contributed by atoms with van der Waals surface area (Å²) < 4.78 is 29.8. The van der Waals surface area contributed by atoms with Gasteiger partial charge in [-0.25, -0.2) is 4.79 Å². The number of carboxylic acid groups (broad SMARTS) is 1. The van der Waals surface area contributed by atoms with Crippen LogP contribution in [0.5, 0.6) is 5.75 Å². The third-order valence-corrected chi connectivity index (χ3v) is 11.3. The van der Waals surface area contributed by atoms with Crippen molar-refractivity contribution in [3.8, 4) is 17.0 Å². The number of benzene rings is 2. The molecule has 1 atom stereocenters. The molecule has 4 fully saturated rings. The first-order chi connectivity index (χ1) is 26.4. The zero-order valence-electron chi connectivity index (χ0n) is 31.4. The highest BCUT2D eigenvalue weighted by Crippen LogP contribution is 2.36. The Morgan fingerprint density at radius 3 is 2.39 bits per heavy atom. The average Bonchev–Trinajstić information content (AvgIpc) is 3.17. The first-order valence-electron chi connectivity index (χ1n) is 19.3. The van der Waals surface area contributed by atoms with Gasteiger partial charge in [-0.1, -0.05) is 42.5 Å². The molecule has 0 radical (unpaired) electrons. The van der Waals surface area contributed by atoms with E-state index in [1.807, 2.05) is 48.5 Å². The molecule has 4 heterocycles. The van der Waals surface area contributed by atoms with Crippen molar-refractivity contribution in [2.75, 3.05) is 103 Å². The van der Waals surface area contributed by atoms with E-state index < -0.39 is 6.09 Å². The van der Waals surface area contributed by atoms with Gasteiger partial charge in [0.05, 0.1) is 55.1 Å².